The average molecular weight is 430 g/mol. The maximum Gasteiger partial charge on any atom is 0.534 e. The number of pyridine rings is 1. The summed E-state index contributed by atoms with van der Waals surface area (Å²) < 4.78 is 79.4. The van der Waals surface area contributed by atoms with Crippen LogP contribution in [0.2, 0.25) is 0 Å². The van der Waals surface area contributed by atoms with E-state index in [2.05, 4.69) is 14.5 Å². The summed E-state index contributed by atoms with van der Waals surface area (Å²) in [6.07, 6.45) is 4.45. The summed E-state index contributed by atoms with van der Waals surface area (Å²) in [4.78, 5) is 3.91. The average Bonchev–Trinajstić information content (AvgIpc) is 2.66. The third kappa shape index (κ3) is 3.54. The molecule has 5 nitrogen and oxygen atoms in total. The number of rotatable bonds is 4. The Hall–Kier alpha value is -2.36. The first kappa shape index (κ1) is 19.9. The Morgan fingerprint density at radius 3 is 2.31 bits per heavy atom. The quantitative estimate of drug-likeness (QED) is 0.407. The summed E-state index contributed by atoms with van der Waals surface area (Å²) in [6.45, 7) is 1.62. The van der Waals surface area contributed by atoms with E-state index in [9.17, 15) is 26.0 Å². The molecule has 2 aromatic rings. The predicted molar refractivity (Wildman–Crippen MR) is 98.2 cm³/mol. The molecular weight excluding hydrogens is 412 g/mol. The van der Waals surface area contributed by atoms with Crippen molar-refractivity contribution in [3.05, 3.63) is 46.9 Å². The normalized spacial score (nSPS) is 21.0. The number of aryl methyl sites for hydroxylation is 1. The predicted octanol–water partition coefficient (Wildman–Crippen LogP) is 5.26. The highest BCUT2D eigenvalue weighted by molar-refractivity contribution is 7.87. The van der Waals surface area contributed by atoms with Crippen molar-refractivity contribution >= 4 is 21.5 Å². The maximum atomic E-state index is 13.5. The van der Waals surface area contributed by atoms with Crippen LogP contribution in [0.5, 0.6) is 5.88 Å². The fraction of sp³-hybridized carbons (Fsp3) is 0.421. The van der Waals surface area contributed by atoms with Crippen molar-refractivity contribution in [3.8, 4) is 5.88 Å². The van der Waals surface area contributed by atoms with Gasteiger partial charge in [0.25, 0.3) is 0 Å². The van der Waals surface area contributed by atoms with Crippen molar-refractivity contribution in [2.45, 2.75) is 50.0 Å². The van der Waals surface area contributed by atoms with Gasteiger partial charge in [0.1, 0.15) is 5.82 Å². The van der Waals surface area contributed by atoms with E-state index in [4.69, 9.17) is 0 Å². The molecule has 29 heavy (non-hydrogen) atoms. The summed E-state index contributed by atoms with van der Waals surface area (Å²) in [5.74, 6) is -0.904. The van der Waals surface area contributed by atoms with Crippen molar-refractivity contribution in [2.75, 3.05) is 5.32 Å². The lowest BCUT2D eigenvalue weighted by Crippen LogP contribution is -2.30. The molecule has 1 saturated carbocycles. The number of aromatic nitrogens is 1. The number of halogens is 4. The molecule has 1 fully saturated rings. The van der Waals surface area contributed by atoms with E-state index in [1.54, 1.807) is 19.1 Å². The summed E-state index contributed by atoms with van der Waals surface area (Å²) in [7, 11) is -5.81. The molecule has 10 heteroatoms. The number of alkyl halides is 3. The Morgan fingerprint density at radius 2 is 1.72 bits per heavy atom. The largest absolute Gasteiger partial charge is 0.534 e. The van der Waals surface area contributed by atoms with Gasteiger partial charge in [-0.3, -0.25) is 0 Å². The van der Waals surface area contributed by atoms with E-state index < -0.39 is 21.5 Å². The molecule has 0 atom stereocenters. The molecule has 0 aliphatic heterocycles. The SMILES string of the molecule is Cc1cc(Nc2cnc(OS(=O)(=O)C(F)(F)F)c3c2C2CCC3CC2)ccc1F. The summed E-state index contributed by atoms with van der Waals surface area (Å²) in [5, 5.41) is 3.15. The summed E-state index contributed by atoms with van der Waals surface area (Å²) in [6, 6.07) is 4.48. The van der Waals surface area contributed by atoms with Crippen LogP contribution in [0.3, 0.4) is 0 Å². The molecule has 1 heterocycles. The molecule has 2 bridgehead atoms. The van der Waals surface area contributed by atoms with Gasteiger partial charge in [0, 0.05) is 11.3 Å². The van der Waals surface area contributed by atoms with Gasteiger partial charge in [-0.25, -0.2) is 9.37 Å². The van der Waals surface area contributed by atoms with Crippen LogP contribution in [0.15, 0.2) is 24.4 Å². The second-order valence-corrected chi connectivity index (χ2v) is 8.96. The first-order valence-electron chi connectivity index (χ1n) is 9.13. The zero-order chi connectivity index (χ0) is 21.0. The van der Waals surface area contributed by atoms with Crippen LogP contribution in [0, 0.1) is 12.7 Å². The molecular formula is C19H18F4N2O3S. The Labute approximate surface area is 165 Å². The molecule has 0 amide bonds. The van der Waals surface area contributed by atoms with Crippen molar-refractivity contribution < 1.29 is 30.2 Å². The van der Waals surface area contributed by atoms with Crippen LogP contribution in [-0.4, -0.2) is 18.9 Å². The molecule has 0 radical (unpaired) electrons. The molecule has 5 rings (SSSR count). The van der Waals surface area contributed by atoms with Gasteiger partial charge in [-0.2, -0.15) is 21.6 Å². The van der Waals surface area contributed by atoms with Gasteiger partial charge in [0.05, 0.1) is 11.9 Å². The minimum absolute atomic E-state index is 0.0676. The highest BCUT2D eigenvalue weighted by atomic mass is 32.2. The molecule has 0 unspecified atom stereocenters. The number of nitrogens with zero attached hydrogens (tertiary/aromatic N) is 1. The van der Waals surface area contributed by atoms with E-state index in [-0.39, 0.29) is 17.7 Å². The van der Waals surface area contributed by atoms with Crippen molar-refractivity contribution in [2.24, 2.45) is 0 Å². The third-order valence-electron chi connectivity index (χ3n) is 5.57. The van der Waals surface area contributed by atoms with Crippen LogP contribution in [0.4, 0.5) is 28.9 Å². The Kier molecular flexibility index (Phi) is 4.71. The van der Waals surface area contributed by atoms with E-state index >= 15 is 0 Å². The number of hydrogen-bond donors (Lipinski definition) is 1. The molecule has 1 N–H and O–H groups in total. The van der Waals surface area contributed by atoms with E-state index in [1.807, 2.05) is 0 Å². The molecule has 0 spiro atoms. The van der Waals surface area contributed by atoms with Crippen LogP contribution >= 0.6 is 0 Å². The van der Waals surface area contributed by atoms with Crippen LogP contribution in [0.25, 0.3) is 0 Å². The molecule has 156 valence electrons. The summed E-state index contributed by atoms with van der Waals surface area (Å²) >= 11 is 0. The fourth-order valence-corrected chi connectivity index (χ4v) is 4.66. The van der Waals surface area contributed by atoms with Crippen molar-refractivity contribution in [1.29, 1.82) is 0 Å². The number of fused-ring (bicyclic) bond motifs is 2. The lowest BCUT2D eigenvalue weighted by Gasteiger charge is -2.39. The van der Waals surface area contributed by atoms with Crippen LogP contribution < -0.4 is 9.50 Å². The zero-order valence-electron chi connectivity index (χ0n) is 15.4. The molecule has 3 aliphatic rings. The molecule has 1 aromatic carbocycles. The van der Waals surface area contributed by atoms with E-state index in [0.29, 0.717) is 22.5 Å². The minimum atomic E-state index is -5.81. The van der Waals surface area contributed by atoms with Gasteiger partial charge in [-0.05, 0) is 73.8 Å². The van der Waals surface area contributed by atoms with Crippen LogP contribution in [0.1, 0.15) is 54.2 Å². The monoisotopic (exact) mass is 430 g/mol. The van der Waals surface area contributed by atoms with Gasteiger partial charge in [0.2, 0.25) is 5.88 Å². The number of nitrogens with one attached hydrogen (secondary N) is 1. The first-order chi connectivity index (χ1) is 13.6. The van der Waals surface area contributed by atoms with Crippen LogP contribution in [-0.2, 0) is 10.1 Å². The van der Waals surface area contributed by atoms with Gasteiger partial charge in [-0.1, -0.05) is 0 Å². The standard InChI is InChI=1S/C19H18F4N2O3S/c1-10-8-13(6-7-14(10)20)25-15-9-24-18(28-29(26,27)19(21,22)23)17-12-4-2-11(3-5-12)16(15)17/h6-9,11-12,25H,2-5H2,1H3. The highest BCUT2D eigenvalue weighted by Gasteiger charge is 2.50. The fourth-order valence-electron chi connectivity index (χ4n) is 4.22. The number of anilines is 2. The minimum Gasteiger partial charge on any atom is -0.355 e. The second kappa shape index (κ2) is 6.86. The summed E-state index contributed by atoms with van der Waals surface area (Å²) in [5.41, 5.74) is -2.77. The van der Waals surface area contributed by atoms with E-state index in [0.717, 1.165) is 31.2 Å². The van der Waals surface area contributed by atoms with Gasteiger partial charge < -0.3 is 9.50 Å². The lowest BCUT2D eigenvalue weighted by molar-refractivity contribution is -0.0501. The smallest absolute Gasteiger partial charge is 0.355 e. The first-order valence-corrected chi connectivity index (χ1v) is 10.5. The Bertz CT molecular complexity index is 1060. The number of hydrogen-bond acceptors (Lipinski definition) is 5. The van der Waals surface area contributed by atoms with Crippen molar-refractivity contribution in [1.82, 2.24) is 4.98 Å². The van der Waals surface area contributed by atoms with Gasteiger partial charge >= 0.3 is 15.6 Å². The van der Waals surface area contributed by atoms with Gasteiger partial charge in [0.15, 0.2) is 0 Å². The molecule has 1 aromatic heterocycles. The van der Waals surface area contributed by atoms with E-state index in [1.165, 1.54) is 12.3 Å². The zero-order valence-corrected chi connectivity index (χ0v) is 16.2. The Morgan fingerprint density at radius 1 is 1.10 bits per heavy atom. The topological polar surface area (TPSA) is 68.3 Å². The third-order valence-corrected chi connectivity index (χ3v) is 6.52. The van der Waals surface area contributed by atoms with Crippen molar-refractivity contribution in [3.63, 3.8) is 0 Å². The number of benzene rings is 1. The molecule has 0 saturated heterocycles. The lowest BCUT2D eigenvalue weighted by atomic mass is 9.67. The van der Waals surface area contributed by atoms with Gasteiger partial charge in [-0.15, -0.1) is 0 Å². The Balaban J connectivity index is 1.78. The molecule has 3 aliphatic carbocycles. The highest BCUT2D eigenvalue weighted by Crippen LogP contribution is 2.54. The maximum absolute atomic E-state index is 13.5. The second-order valence-electron chi connectivity index (χ2n) is 7.43.